The van der Waals surface area contributed by atoms with Gasteiger partial charge in [0.15, 0.2) is 0 Å². The topological polar surface area (TPSA) is 75.9 Å². The van der Waals surface area contributed by atoms with Crippen LogP contribution in [0, 0.1) is 13.8 Å². The molecule has 31 heavy (non-hydrogen) atoms. The third-order valence-electron chi connectivity index (χ3n) is 6.10. The van der Waals surface area contributed by atoms with Gasteiger partial charge in [-0.3, -0.25) is 9.69 Å². The van der Waals surface area contributed by atoms with Crippen LogP contribution >= 0.6 is 0 Å². The molecule has 0 radical (unpaired) electrons. The molecule has 4 heterocycles. The van der Waals surface area contributed by atoms with Gasteiger partial charge in [0.25, 0.3) is 11.6 Å². The maximum atomic E-state index is 12.9. The highest BCUT2D eigenvalue weighted by molar-refractivity contribution is 5.76. The lowest BCUT2D eigenvalue weighted by molar-refractivity contribution is -0.144. The van der Waals surface area contributed by atoms with Crippen molar-refractivity contribution in [2.75, 3.05) is 39.3 Å². The van der Waals surface area contributed by atoms with Crippen LogP contribution in [0.25, 0.3) is 5.78 Å². The van der Waals surface area contributed by atoms with Gasteiger partial charge in [0.05, 0.1) is 6.10 Å². The van der Waals surface area contributed by atoms with E-state index in [9.17, 15) is 18.0 Å². The zero-order valence-electron chi connectivity index (χ0n) is 17.8. The lowest BCUT2D eigenvalue weighted by Crippen LogP contribution is -2.50. The summed E-state index contributed by atoms with van der Waals surface area (Å²) >= 11 is 0. The molecule has 2 fully saturated rings. The van der Waals surface area contributed by atoms with E-state index in [4.69, 9.17) is 4.74 Å². The van der Waals surface area contributed by atoms with Crippen LogP contribution in [0.5, 0.6) is 0 Å². The van der Waals surface area contributed by atoms with Crippen molar-refractivity contribution in [3.8, 4) is 0 Å². The summed E-state index contributed by atoms with van der Waals surface area (Å²) < 4.78 is 45.6. The molecule has 0 bridgehead atoms. The highest BCUT2D eigenvalue weighted by atomic mass is 19.4. The van der Waals surface area contributed by atoms with E-state index in [1.165, 1.54) is 0 Å². The molecule has 0 saturated carbocycles. The average molecular weight is 440 g/mol. The first-order chi connectivity index (χ1) is 14.7. The first-order valence-corrected chi connectivity index (χ1v) is 10.6. The molecule has 11 heteroatoms. The molecule has 0 aliphatic carbocycles. The Morgan fingerprint density at radius 2 is 1.90 bits per heavy atom. The molecule has 2 saturated heterocycles. The molecule has 1 amide bonds. The number of aromatic nitrogens is 4. The molecule has 2 aromatic rings. The molecule has 2 aromatic heterocycles. The fraction of sp³-hybridized carbons (Fsp3) is 0.700. The summed E-state index contributed by atoms with van der Waals surface area (Å²) in [5, 5.41) is 3.56. The van der Waals surface area contributed by atoms with Crippen molar-refractivity contribution in [2.24, 2.45) is 0 Å². The number of carbonyl (C=O) groups is 1. The molecule has 2 aliphatic rings. The van der Waals surface area contributed by atoms with Gasteiger partial charge < -0.3 is 9.64 Å². The SMILES string of the molecule is Cc1nc2nc(C(F)(F)F)nn2c(C)c1CCC(=O)N1CCN(CC2CCCO2)CC1. The monoisotopic (exact) mass is 440 g/mol. The van der Waals surface area contributed by atoms with E-state index in [1.54, 1.807) is 13.8 Å². The van der Waals surface area contributed by atoms with Crippen molar-refractivity contribution in [2.45, 2.75) is 51.8 Å². The van der Waals surface area contributed by atoms with Crippen LogP contribution in [0.2, 0.25) is 0 Å². The summed E-state index contributed by atoms with van der Waals surface area (Å²) in [6.45, 7) is 8.18. The molecule has 170 valence electrons. The molecular weight excluding hydrogens is 413 g/mol. The minimum absolute atomic E-state index is 0.0465. The second kappa shape index (κ2) is 8.70. The molecule has 0 spiro atoms. The number of carbonyl (C=O) groups excluding carboxylic acids is 1. The number of aryl methyl sites for hydroxylation is 2. The second-order valence-corrected chi connectivity index (χ2v) is 8.22. The molecule has 2 aliphatic heterocycles. The molecule has 8 nitrogen and oxygen atoms in total. The van der Waals surface area contributed by atoms with Gasteiger partial charge in [0, 0.05) is 57.1 Å². The predicted molar refractivity (Wildman–Crippen MR) is 106 cm³/mol. The van der Waals surface area contributed by atoms with Crippen LogP contribution in [0.15, 0.2) is 0 Å². The Morgan fingerprint density at radius 3 is 2.55 bits per heavy atom. The fourth-order valence-electron chi connectivity index (χ4n) is 4.34. The van der Waals surface area contributed by atoms with Crippen molar-refractivity contribution in [3.05, 3.63) is 22.8 Å². The molecule has 0 N–H and O–H groups in total. The van der Waals surface area contributed by atoms with Crippen LogP contribution < -0.4 is 0 Å². The minimum atomic E-state index is -4.63. The van der Waals surface area contributed by atoms with Gasteiger partial charge >= 0.3 is 6.18 Å². The van der Waals surface area contributed by atoms with Crippen molar-refractivity contribution < 1.29 is 22.7 Å². The van der Waals surface area contributed by atoms with Crippen molar-refractivity contribution in [1.82, 2.24) is 29.4 Å². The zero-order chi connectivity index (χ0) is 22.2. The van der Waals surface area contributed by atoms with E-state index < -0.39 is 12.0 Å². The second-order valence-electron chi connectivity index (χ2n) is 8.22. The van der Waals surface area contributed by atoms with E-state index in [1.807, 2.05) is 4.90 Å². The first kappa shape index (κ1) is 21.9. The average Bonchev–Trinajstić information content (AvgIpc) is 3.38. The van der Waals surface area contributed by atoms with Gasteiger partial charge in [-0.05, 0) is 38.7 Å². The molecule has 4 rings (SSSR count). The van der Waals surface area contributed by atoms with Crippen LogP contribution in [-0.2, 0) is 22.1 Å². The Labute approximate surface area is 178 Å². The lowest BCUT2D eigenvalue weighted by Gasteiger charge is -2.35. The smallest absolute Gasteiger partial charge is 0.377 e. The van der Waals surface area contributed by atoms with Gasteiger partial charge in [-0.15, -0.1) is 5.10 Å². The maximum Gasteiger partial charge on any atom is 0.453 e. The Kier molecular flexibility index (Phi) is 6.16. The number of fused-ring (bicyclic) bond motifs is 1. The minimum Gasteiger partial charge on any atom is -0.377 e. The van der Waals surface area contributed by atoms with Crippen molar-refractivity contribution in [3.63, 3.8) is 0 Å². The Hall–Kier alpha value is -2.27. The van der Waals surface area contributed by atoms with E-state index in [2.05, 4.69) is 20.0 Å². The molecule has 0 aromatic carbocycles. The summed E-state index contributed by atoms with van der Waals surface area (Å²) in [4.78, 5) is 24.6. The van der Waals surface area contributed by atoms with Gasteiger partial charge in [-0.25, -0.2) is 9.50 Å². The molecule has 1 unspecified atom stereocenters. The number of hydrogen-bond donors (Lipinski definition) is 0. The summed E-state index contributed by atoms with van der Waals surface area (Å²) in [6.07, 6.45) is -1.42. The van der Waals surface area contributed by atoms with Crippen LogP contribution in [0.4, 0.5) is 13.2 Å². The first-order valence-electron chi connectivity index (χ1n) is 10.6. The quantitative estimate of drug-likeness (QED) is 0.708. The van der Waals surface area contributed by atoms with Crippen molar-refractivity contribution in [1.29, 1.82) is 0 Å². The summed E-state index contributed by atoms with van der Waals surface area (Å²) in [5.74, 6) is -1.25. The predicted octanol–water partition coefficient (Wildman–Crippen LogP) is 2.02. The number of piperazine rings is 1. The number of nitrogens with zero attached hydrogens (tertiary/aromatic N) is 6. The van der Waals surface area contributed by atoms with Crippen LogP contribution in [0.1, 0.15) is 42.0 Å². The standard InChI is InChI=1S/C20H27F3N6O2/c1-13-16(14(2)29-19(24-13)25-18(26-29)20(21,22)23)5-6-17(30)28-9-7-27(8-10-28)12-15-4-3-11-31-15/h15H,3-12H2,1-2H3. The van der Waals surface area contributed by atoms with Gasteiger partial charge in [0.1, 0.15) is 0 Å². The number of ether oxygens (including phenoxy) is 1. The number of rotatable bonds is 5. The number of halogens is 3. The Balaban J connectivity index is 1.36. The largest absolute Gasteiger partial charge is 0.453 e. The zero-order valence-corrected chi connectivity index (χ0v) is 17.8. The van der Waals surface area contributed by atoms with E-state index in [0.717, 1.165) is 49.2 Å². The highest BCUT2D eigenvalue weighted by Gasteiger charge is 2.37. The number of alkyl halides is 3. The van der Waals surface area contributed by atoms with Crippen LogP contribution in [-0.4, -0.2) is 80.7 Å². The van der Waals surface area contributed by atoms with E-state index in [-0.39, 0.29) is 18.1 Å². The van der Waals surface area contributed by atoms with E-state index in [0.29, 0.717) is 37.0 Å². The van der Waals surface area contributed by atoms with Gasteiger partial charge in [0.2, 0.25) is 5.91 Å². The Morgan fingerprint density at radius 1 is 1.16 bits per heavy atom. The summed E-state index contributed by atoms with van der Waals surface area (Å²) in [6, 6.07) is 0. The number of hydrogen-bond acceptors (Lipinski definition) is 6. The lowest BCUT2D eigenvalue weighted by atomic mass is 10.1. The van der Waals surface area contributed by atoms with Crippen LogP contribution in [0.3, 0.4) is 0 Å². The fourth-order valence-corrected chi connectivity index (χ4v) is 4.34. The maximum absolute atomic E-state index is 12.9. The van der Waals surface area contributed by atoms with Crippen molar-refractivity contribution >= 4 is 11.7 Å². The molecular formula is C20H27F3N6O2. The Bertz CT molecular complexity index is 947. The van der Waals surface area contributed by atoms with Gasteiger partial charge in [-0.2, -0.15) is 18.2 Å². The third kappa shape index (κ3) is 4.82. The van der Waals surface area contributed by atoms with E-state index >= 15 is 0 Å². The number of amides is 1. The highest BCUT2D eigenvalue weighted by Crippen LogP contribution is 2.27. The third-order valence-corrected chi connectivity index (χ3v) is 6.10. The van der Waals surface area contributed by atoms with Gasteiger partial charge in [-0.1, -0.05) is 0 Å². The normalized spacial score (nSPS) is 20.7. The summed E-state index contributed by atoms with van der Waals surface area (Å²) in [7, 11) is 0. The summed E-state index contributed by atoms with van der Waals surface area (Å²) in [5.41, 5.74) is 1.83. The molecule has 1 atom stereocenters.